The molecule has 186 valence electrons. The molecule has 41 heavy (non-hydrogen) atoms. The molecule has 0 radical (unpaired) electrons. The molecular weight excluding hydrogens is 531 g/mol. The summed E-state index contributed by atoms with van der Waals surface area (Å²) in [6, 6.07) is 43.9. The lowest BCUT2D eigenvalue weighted by atomic mass is 9.31. The molecule has 0 aliphatic carbocycles. The van der Waals surface area contributed by atoms with Gasteiger partial charge in [0.15, 0.2) is 0 Å². The van der Waals surface area contributed by atoms with Gasteiger partial charge in [-0.2, -0.15) is 0 Å². The van der Waals surface area contributed by atoms with E-state index < -0.39 is 0 Å². The minimum atomic E-state index is 0.221. The Labute approximate surface area is 244 Å². The Hall–Kier alpha value is -4.44. The van der Waals surface area contributed by atoms with Crippen LogP contribution in [0.5, 0.6) is 0 Å². The van der Waals surface area contributed by atoms with E-state index in [0.717, 1.165) is 0 Å². The van der Waals surface area contributed by atoms with E-state index in [0.29, 0.717) is 0 Å². The van der Waals surface area contributed by atoms with Gasteiger partial charge >= 0.3 is 0 Å². The van der Waals surface area contributed by atoms with Crippen LogP contribution in [-0.2, 0) is 0 Å². The fourth-order valence-corrected chi connectivity index (χ4v) is 10.5. The van der Waals surface area contributed by atoms with E-state index in [-0.39, 0.29) is 6.71 Å². The minimum absolute atomic E-state index is 0.221. The molecule has 9 aromatic rings. The lowest BCUT2D eigenvalue weighted by Gasteiger charge is -2.34. The normalized spacial score (nSPS) is 13.3. The zero-order valence-electron chi connectivity index (χ0n) is 21.9. The third-order valence-electron chi connectivity index (χ3n) is 9.63. The third-order valence-corrected chi connectivity index (χ3v) is 11.9. The van der Waals surface area contributed by atoms with Gasteiger partial charge in [0.05, 0.1) is 0 Å². The monoisotopic (exact) mass is 550 g/mol. The van der Waals surface area contributed by atoms with Gasteiger partial charge in [-0.1, -0.05) is 107 Å². The fourth-order valence-electron chi connectivity index (χ4n) is 8.19. The minimum Gasteiger partial charge on any atom is -0.135 e. The second-order valence-corrected chi connectivity index (χ2v) is 13.7. The van der Waals surface area contributed by atoms with Crippen LogP contribution in [-0.4, -0.2) is 6.71 Å². The molecule has 11 rings (SSSR count). The van der Waals surface area contributed by atoms with Crippen molar-refractivity contribution in [2.75, 3.05) is 0 Å². The maximum Gasteiger partial charge on any atom is 0.244 e. The van der Waals surface area contributed by atoms with Gasteiger partial charge in [-0.15, -0.1) is 22.7 Å². The van der Waals surface area contributed by atoms with Gasteiger partial charge in [0.25, 0.3) is 0 Å². The molecule has 4 heterocycles. The van der Waals surface area contributed by atoms with Crippen LogP contribution in [0, 0.1) is 0 Å². The molecule has 2 aromatic heterocycles. The summed E-state index contributed by atoms with van der Waals surface area (Å²) in [4.78, 5) is 0. The van der Waals surface area contributed by atoms with Crippen molar-refractivity contribution in [3.05, 3.63) is 115 Å². The fraction of sp³-hybridized carbons (Fsp3) is 0. The van der Waals surface area contributed by atoms with Crippen LogP contribution >= 0.6 is 22.7 Å². The lowest BCUT2D eigenvalue weighted by molar-refractivity contribution is 1.67. The summed E-state index contributed by atoms with van der Waals surface area (Å²) in [7, 11) is 0. The van der Waals surface area contributed by atoms with E-state index in [1.54, 1.807) is 0 Å². The van der Waals surface area contributed by atoms with Crippen molar-refractivity contribution in [2.24, 2.45) is 0 Å². The molecule has 0 saturated heterocycles. The molecular formula is C38H19BS2. The molecule has 7 aromatic carbocycles. The highest BCUT2D eigenvalue weighted by Gasteiger charge is 2.39. The summed E-state index contributed by atoms with van der Waals surface area (Å²) in [6.45, 7) is 0.221. The van der Waals surface area contributed by atoms with Crippen molar-refractivity contribution in [3.8, 4) is 22.3 Å². The second-order valence-electron chi connectivity index (χ2n) is 11.5. The summed E-state index contributed by atoms with van der Waals surface area (Å²) in [5.74, 6) is 0. The third kappa shape index (κ3) is 2.46. The molecule has 0 bridgehead atoms. The molecule has 0 nitrogen and oxygen atoms in total. The first-order chi connectivity index (χ1) is 20.3. The van der Waals surface area contributed by atoms with Gasteiger partial charge in [-0.05, 0) is 68.1 Å². The molecule has 0 unspecified atom stereocenters. The van der Waals surface area contributed by atoms with Gasteiger partial charge in [0.1, 0.15) is 0 Å². The SMILES string of the molecule is c1cc2c3c(c1)-c1c4c(cccc4cc4sc5ccccc5c14)B3c1cccc3cc4sc5ccccc5c4c-2c13. The van der Waals surface area contributed by atoms with Crippen LogP contribution in [0.3, 0.4) is 0 Å². The predicted octanol–water partition coefficient (Wildman–Crippen LogP) is 9.21. The van der Waals surface area contributed by atoms with E-state index in [4.69, 9.17) is 0 Å². The molecule has 0 amide bonds. The standard InChI is InChI=1S/C38H19BS2/c1-3-16-28-22(10-1)34-30(40-28)18-20-8-5-14-26-32(20)36(34)24-12-7-13-25-37-33-21(9-6-15-27(33)39(26)38(24)25)19-31-35(37)23-11-2-4-17-29(23)41-31/h1-19H. The van der Waals surface area contributed by atoms with Gasteiger partial charge in [-0.25, -0.2) is 0 Å². The summed E-state index contributed by atoms with van der Waals surface area (Å²) < 4.78 is 5.49. The summed E-state index contributed by atoms with van der Waals surface area (Å²) in [6.07, 6.45) is 0. The van der Waals surface area contributed by atoms with Gasteiger partial charge < -0.3 is 0 Å². The highest BCUT2D eigenvalue weighted by molar-refractivity contribution is 7.26. The van der Waals surface area contributed by atoms with E-state index in [1.807, 2.05) is 22.7 Å². The molecule has 0 fully saturated rings. The first kappa shape index (κ1) is 21.3. The van der Waals surface area contributed by atoms with Crippen molar-refractivity contribution in [1.29, 1.82) is 0 Å². The Morgan fingerprint density at radius 3 is 1.44 bits per heavy atom. The van der Waals surface area contributed by atoms with Crippen molar-refractivity contribution in [1.82, 2.24) is 0 Å². The zero-order valence-corrected chi connectivity index (χ0v) is 23.5. The molecule has 3 heteroatoms. The van der Waals surface area contributed by atoms with Crippen LogP contribution in [0.4, 0.5) is 0 Å². The molecule has 0 atom stereocenters. The van der Waals surface area contributed by atoms with Crippen LogP contribution in [0.2, 0.25) is 0 Å². The van der Waals surface area contributed by atoms with Gasteiger partial charge in [0, 0.05) is 40.3 Å². The van der Waals surface area contributed by atoms with Crippen molar-refractivity contribution < 1.29 is 0 Å². The highest BCUT2D eigenvalue weighted by atomic mass is 32.1. The van der Waals surface area contributed by atoms with E-state index in [2.05, 4.69) is 115 Å². The molecule has 0 spiro atoms. The number of fused-ring (bicyclic) bond motifs is 12. The molecule has 0 N–H and O–H groups in total. The van der Waals surface area contributed by atoms with Crippen LogP contribution in [0.1, 0.15) is 0 Å². The summed E-state index contributed by atoms with van der Waals surface area (Å²) in [5.41, 5.74) is 10.0. The van der Waals surface area contributed by atoms with Crippen LogP contribution < -0.4 is 16.4 Å². The second kappa shape index (κ2) is 7.25. The topological polar surface area (TPSA) is 0 Å². The Bertz CT molecular complexity index is 2470. The summed E-state index contributed by atoms with van der Waals surface area (Å²) >= 11 is 3.85. The number of thiophene rings is 2. The van der Waals surface area contributed by atoms with E-state index >= 15 is 0 Å². The number of hydrogen-bond acceptors (Lipinski definition) is 2. The Morgan fingerprint density at radius 1 is 0.415 bits per heavy atom. The van der Waals surface area contributed by atoms with Crippen LogP contribution in [0.25, 0.3) is 84.1 Å². The van der Waals surface area contributed by atoms with Gasteiger partial charge in [0.2, 0.25) is 6.71 Å². The first-order valence-electron chi connectivity index (χ1n) is 14.2. The van der Waals surface area contributed by atoms with Crippen LogP contribution in [0.15, 0.2) is 115 Å². The molecule has 2 aliphatic rings. The van der Waals surface area contributed by atoms with E-state index in [9.17, 15) is 0 Å². The maximum atomic E-state index is 2.44. The zero-order chi connectivity index (χ0) is 26.4. The number of benzene rings is 7. The smallest absolute Gasteiger partial charge is 0.135 e. The Kier molecular flexibility index (Phi) is 3.77. The number of hydrogen-bond donors (Lipinski definition) is 0. The summed E-state index contributed by atoms with van der Waals surface area (Å²) in [5, 5.41) is 11.1. The Morgan fingerprint density at radius 2 is 0.902 bits per heavy atom. The van der Waals surface area contributed by atoms with Crippen molar-refractivity contribution in [2.45, 2.75) is 0 Å². The van der Waals surface area contributed by atoms with E-state index in [1.165, 1.54) is 101 Å². The lowest BCUT2D eigenvalue weighted by Crippen LogP contribution is -2.57. The van der Waals surface area contributed by atoms with Crippen molar-refractivity contribution in [3.63, 3.8) is 0 Å². The quantitative estimate of drug-likeness (QED) is 0.165. The Balaban J connectivity index is 1.42. The largest absolute Gasteiger partial charge is 0.244 e. The average molecular weight is 551 g/mol. The first-order valence-corrected chi connectivity index (χ1v) is 15.9. The maximum absolute atomic E-state index is 2.44. The number of rotatable bonds is 0. The average Bonchev–Trinajstić information content (AvgIpc) is 3.57. The predicted molar refractivity (Wildman–Crippen MR) is 183 cm³/mol. The van der Waals surface area contributed by atoms with Gasteiger partial charge in [-0.3, -0.25) is 0 Å². The van der Waals surface area contributed by atoms with Crippen molar-refractivity contribution >= 4 is 108 Å². The molecule has 2 aliphatic heterocycles. The molecule has 0 saturated carbocycles. The highest BCUT2D eigenvalue weighted by Crippen LogP contribution is 2.49.